The summed E-state index contributed by atoms with van der Waals surface area (Å²) in [6, 6.07) is 5.76. The van der Waals surface area contributed by atoms with Crippen LogP contribution in [0.25, 0.3) is 0 Å². The molecule has 0 fully saturated rings. The fourth-order valence-corrected chi connectivity index (χ4v) is 3.04. The Kier molecular flexibility index (Phi) is 4.99. The Morgan fingerprint density at radius 3 is 3.00 bits per heavy atom. The smallest absolute Gasteiger partial charge is 0.209 e. The van der Waals surface area contributed by atoms with E-state index in [1.807, 2.05) is 18.2 Å². The van der Waals surface area contributed by atoms with Crippen molar-refractivity contribution in [3.05, 3.63) is 33.3 Å². The largest absolute Gasteiger partial charge is 0.394 e. The van der Waals surface area contributed by atoms with Crippen molar-refractivity contribution in [2.75, 3.05) is 6.61 Å². The number of tetrazole rings is 1. The molecule has 1 aromatic carbocycles. The van der Waals surface area contributed by atoms with E-state index in [1.165, 1.54) is 11.8 Å². The van der Waals surface area contributed by atoms with Gasteiger partial charge in [-0.3, -0.25) is 0 Å². The molecule has 2 aromatic rings. The Balaban J connectivity index is 2.04. The van der Waals surface area contributed by atoms with Crippen LogP contribution in [-0.2, 0) is 12.3 Å². The van der Waals surface area contributed by atoms with E-state index < -0.39 is 0 Å². The molecule has 0 unspecified atom stereocenters. The van der Waals surface area contributed by atoms with Gasteiger partial charge >= 0.3 is 0 Å². The maximum absolute atomic E-state index is 8.87. The number of nitrogens with zero attached hydrogens (tertiary/aromatic N) is 4. The lowest BCUT2D eigenvalue weighted by atomic mass is 10.2. The summed E-state index contributed by atoms with van der Waals surface area (Å²) in [5.41, 5.74) is 1.02. The Morgan fingerprint density at radius 2 is 2.28 bits per heavy atom. The van der Waals surface area contributed by atoms with Gasteiger partial charge in [0, 0.05) is 15.2 Å². The van der Waals surface area contributed by atoms with Crippen LogP contribution in [0.2, 0.25) is 5.02 Å². The first kappa shape index (κ1) is 13.8. The first-order valence-electron chi connectivity index (χ1n) is 5.14. The van der Waals surface area contributed by atoms with Gasteiger partial charge in [-0.2, -0.15) is 0 Å². The molecular formula is C10H10BrClN4OS. The lowest BCUT2D eigenvalue weighted by molar-refractivity contribution is 0.262. The van der Waals surface area contributed by atoms with Gasteiger partial charge in [-0.15, -0.1) is 5.10 Å². The van der Waals surface area contributed by atoms with Gasteiger partial charge in [-0.1, -0.05) is 45.4 Å². The summed E-state index contributed by atoms with van der Waals surface area (Å²) in [5.74, 6) is 0.678. The van der Waals surface area contributed by atoms with Crippen molar-refractivity contribution in [3.63, 3.8) is 0 Å². The van der Waals surface area contributed by atoms with Crippen LogP contribution in [-0.4, -0.2) is 31.9 Å². The Hall–Kier alpha value is -0.630. The van der Waals surface area contributed by atoms with Gasteiger partial charge in [0.15, 0.2) is 0 Å². The zero-order valence-corrected chi connectivity index (χ0v) is 12.4. The summed E-state index contributed by atoms with van der Waals surface area (Å²) in [7, 11) is 0. The number of aliphatic hydroxyl groups is 1. The molecule has 0 amide bonds. The molecule has 0 spiro atoms. The topological polar surface area (TPSA) is 63.8 Å². The summed E-state index contributed by atoms with van der Waals surface area (Å²) in [4.78, 5) is 0. The zero-order chi connectivity index (χ0) is 13.0. The molecule has 5 nitrogen and oxygen atoms in total. The minimum atomic E-state index is 0.0115. The van der Waals surface area contributed by atoms with Crippen LogP contribution >= 0.6 is 39.3 Å². The van der Waals surface area contributed by atoms with E-state index in [4.69, 9.17) is 16.7 Å². The maximum Gasteiger partial charge on any atom is 0.209 e. The van der Waals surface area contributed by atoms with E-state index >= 15 is 0 Å². The molecule has 0 saturated carbocycles. The fraction of sp³-hybridized carbons (Fsp3) is 0.300. The van der Waals surface area contributed by atoms with Gasteiger partial charge in [0.25, 0.3) is 0 Å². The number of hydrogen-bond acceptors (Lipinski definition) is 5. The van der Waals surface area contributed by atoms with Gasteiger partial charge in [-0.25, -0.2) is 4.68 Å². The minimum absolute atomic E-state index is 0.0115. The van der Waals surface area contributed by atoms with Crippen molar-refractivity contribution < 1.29 is 5.11 Å². The third-order valence-corrected chi connectivity index (χ3v) is 4.03. The first-order chi connectivity index (χ1) is 8.70. The molecular weight excluding hydrogens is 340 g/mol. The van der Waals surface area contributed by atoms with Crippen molar-refractivity contribution >= 4 is 39.3 Å². The van der Waals surface area contributed by atoms with E-state index in [-0.39, 0.29) is 6.61 Å². The molecule has 0 radical (unpaired) electrons. The van der Waals surface area contributed by atoms with Crippen LogP contribution in [0.1, 0.15) is 5.56 Å². The van der Waals surface area contributed by atoms with E-state index in [0.29, 0.717) is 22.5 Å². The molecule has 0 saturated heterocycles. The summed E-state index contributed by atoms with van der Waals surface area (Å²) in [6.07, 6.45) is 0. The first-order valence-corrected chi connectivity index (χ1v) is 7.30. The third kappa shape index (κ3) is 3.44. The highest BCUT2D eigenvalue weighted by molar-refractivity contribution is 9.10. The summed E-state index contributed by atoms with van der Waals surface area (Å²) in [6.45, 7) is 0.404. The minimum Gasteiger partial charge on any atom is -0.394 e. The van der Waals surface area contributed by atoms with E-state index in [9.17, 15) is 0 Å². The second kappa shape index (κ2) is 6.51. The van der Waals surface area contributed by atoms with Crippen molar-refractivity contribution in [2.45, 2.75) is 17.5 Å². The predicted octanol–water partition coefficient (Wildman–Crippen LogP) is 2.37. The fourth-order valence-electron chi connectivity index (χ4n) is 1.32. The van der Waals surface area contributed by atoms with Gasteiger partial charge in [0.2, 0.25) is 5.16 Å². The van der Waals surface area contributed by atoms with Gasteiger partial charge in [0.1, 0.15) is 0 Å². The number of aliphatic hydroxyl groups excluding tert-OH is 1. The molecule has 0 atom stereocenters. The molecule has 1 aromatic heterocycles. The lowest BCUT2D eigenvalue weighted by Gasteiger charge is -2.04. The van der Waals surface area contributed by atoms with Crippen LogP contribution in [0, 0.1) is 0 Å². The molecule has 2 rings (SSSR count). The quantitative estimate of drug-likeness (QED) is 0.840. The normalized spacial score (nSPS) is 10.8. The molecule has 0 aliphatic carbocycles. The van der Waals surface area contributed by atoms with Crippen molar-refractivity contribution in [3.8, 4) is 0 Å². The van der Waals surface area contributed by atoms with Crippen LogP contribution in [0.15, 0.2) is 27.8 Å². The molecule has 18 heavy (non-hydrogen) atoms. The van der Waals surface area contributed by atoms with Crippen molar-refractivity contribution in [2.24, 2.45) is 0 Å². The third-order valence-electron chi connectivity index (χ3n) is 2.18. The number of halogens is 2. The molecule has 8 heteroatoms. The van der Waals surface area contributed by atoms with Crippen LogP contribution < -0.4 is 0 Å². The molecule has 0 aliphatic heterocycles. The monoisotopic (exact) mass is 348 g/mol. The van der Waals surface area contributed by atoms with E-state index in [1.54, 1.807) is 4.68 Å². The lowest BCUT2D eigenvalue weighted by Crippen LogP contribution is -2.05. The van der Waals surface area contributed by atoms with E-state index in [2.05, 4.69) is 31.5 Å². The van der Waals surface area contributed by atoms with Gasteiger partial charge < -0.3 is 5.11 Å². The summed E-state index contributed by atoms with van der Waals surface area (Å²) >= 11 is 11.0. The highest BCUT2D eigenvalue weighted by atomic mass is 79.9. The van der Waals surface area contributed by atoms with Crippen LogP contribution in [0.4, 0.5) is 0 Å². The predicted molar refractivity (Wildman–Crippen MR) is 73.6 cm³/mol. The highest BCUT2D eigenvalue weighted by Gasteiger charge is 2.08. The van der Waals surface area contributed by atoms with Crippen LogP contribution in [0.5, 0.6) is 0 Å². The molecule has 96 valence electrons. The number of aromatic nitrogens is 4. The number of thioether (sulfide) groups is 1. The van der Waals surface area contributed by atoms with Crippen LogP contribution in [0.3, 0.4) is 0 Å². The molecule has 0 aliphatic rings. The Morgan fingerprint density at radius 1 is 1.44 bits per heavy atom. The standard InChI is InChI=1S/C10H10BrClN4OS/c11-8-2-1-7(9(12)5-8)6-18-10-13-14-15-16(10)3-4-17/h1-2,5,17H,3-4,6H2. The SMILES string of the molecule is OCCn1nnnc1SCc1ccc(Br)cc1Cl. The summed E-state index contributed by atoms with van der Waals surface area (Å²) in [5, 5.41) is 21.5. The maximum atomic E-state index is 8.87. The second-order valence-corrected chi connectivity index (χ2v) is 5.70. The molecule has 1 heterocycles. The van der Waals surface area contributed by atoms with Crippen molar-refractivity contribution in [1.82, 2.24) is 20.2 Å². The molecule has 1 N–H and O–H groups in total. The number of rotatable bonds is 5. The zero-order valence-electron chi connectivity index (χ0n) is 9.25. The number of hydrogen-bond donors (Lipinski definition) is 1. The second-order valence-electron chi connectivity index (χ2n) is 3.43. The Bertz CT molecular complexity index is 536. The average Bonchev–Trinajstić information content (AvgIpc) is 2.76. The number of benzene rings is 1. The van der Waals surface area contributed by atoms with Crippen molar-refractivity contribution in [1.29, 1.82) is 0 Å². The van der Waals surface area contributed by atoms with Gasteiger partial charge in [-0.05, 0) is 28.1 Å². The Labute approximate surface area is 122 Å². The van der Waals surface area contributed by atoms with Gasteiger partial charge in [0.05, 0.1) is 13.2 Å². The highest BCUT2D eigenvalue weighted by Crippen LogP contribution is 2.27. The average molecular weight is 350 g/mol. The summed E-state index contributed by atoms with van der Waals surface area (Å²) < 4.78 is 2.52. The van der Waals surface area contributed by atoms with E-state index in [0.717, 1.165) is 10.0 Å². The molecule has 0 bridgehead atoms.